The maximum Gasteiger partial charge on any atom is 0.240 e. The van der Waals surface area contributed by atoms with Crippen molar-refractivity contribution in [2.24, 2.45) is 0 Å². The van der Waals surface area contributed by atoms with Gasteiger partial charge in [0.2, 0.25) is 10.0 Å². The van der Waals surface area contributed by atoms with Crippen LogP contribution in [0.2, 0.25) is 0 Å². The fourth-order valence-corrected chi connectivity index (χ4v) is 3.67. The van der Waals surface area contributed by atoms with Gasteiger partial charge in [0.25, 0.3) is 0 Å². The predicted octanol–water partition coefficient (Wildman–Crippen LogP) is 1.73. The topological polar surface area (TPSA) is 75.4 Å². The van der Waals surface area contributed by atoms with Crippen molar-refractivity contribution in [2.45, 2.75) is 37.5 Å². The van der Waals surface area contributed by atoms with Crippen molar-refractivity contribution in [3.05, 3.63) is 23.8 Å². The lowest BCUT2D eigenvalue weighted by Gasteiger charge is -2.26. The number of likely N-dealkylation sites (tertiary alicyclic amines) is 1. The Morgan fingerprint density at radius 2 is 1.95 bits per heavy atom. The molecule has 3 N–H and O–H groups in total. The largest absolute Gasteiger partial charge is 0.398 e. The van der Waals surface area contributed by atoms with E-state index in [0.29, 0.717) is 12.2 Å². The Morgan fingerprint density at radius 1 is 1.24 bits per heavy atom. The molecule has 0 unspecified atom stereocenters. The van der Waals surface area contributed by atoms with Gasteiger partial charge in [-0.25, -0.2) is 13.1 Å². The van der Waals surface area contributed by atoms with Gasteiger partial charge in [-0.05, 0) is 63.5 Å². The molecule has 1 aliphatic rings. The normalized spacial score (nSPS) is 17.0. The Hall–Kier alpha value is -1.11. The van der Waals surface area contributed by atoms with Gasteiger partial charge >= 0.3 is 0 Å². The van der Waals surface area contributed by atoms with Crippen LogP contribution in [0, 0.1) is 6.92 Å². The lowest BCUT2D eigenvalue weighted by atomic mass is 10.1. The predicted molar refractivity (Wildman–Crippen MR) is 85.7 cm³/mol. The van der Waals surface area contributed by atoms with Crippen LogP contribution in [0.15, 0.2) is 23.1 Å². The van der Waals surface area contributed by atoms with E-state index in [9.17, 15) is 8.42 Å². The van der Waals surface area contributed by atoms with Gasteiger partial charge in [-0.2, -0.15) is 0 Å². The lowest BCUT2D eigenvalue weighted by Crippen LogP contribution is -2.33. The van der Waals surface area contributed by atoms with Crippen molar-refractivity contribution in [3.63, 3.8) is 0 Å². The van der Waals surface area contributed by atoms with Crippen molar-refractivity contribution in [3.8, 4) is 0 Å². The summed E-state index contributed by atoms with van der Waals surface area (Å²) in [5.74, 6) is 0. The van der Waals surface area contributed by atoms with E-state index in [1.807, 2.05) is 6.92 Å². The Morgan fingerprint density at radius 3 is 2.62 bits per heavy atom. The number of rotatable bonds is 6. The molecule has 5 nitrogen and oxygen atoms in total. The first-order valence-electron chi connectivity index (χ1n) is 7.57. The zero-order chi connectivity index (χ0) is 15.3. The van der Waals surface area contributed by atoms with E-state index in [1.54, 1.807) is 12.1 Å². The Bertz CT molecular complexity index is 566. The zero-order valence-corrected chi connectivity index (χ0v) is 13.5. The van der Waals surface area contributed by atoms with Gasteiger partial charge in [0.15, 0.2) is 0 Å². The first-order valence-corrected chi connectivity index (χ1v) is 9.05. The first-order chi connectivity index (χ1) is 9.99. The second kappa shape index (κ2) is 7.24. The molecule has 1 fully saturated rings. The first kappa shape index (κ1) is 16.3. The van der Waals surface area contributed by atoms with Gasteiger partial charge in [-0.3, -0.25) is 0 Å². The molecule has 0 bridgehead atoms. The highest BCUT2D eigenvalue weighted by molar-refractivity contribution is 7.89. The minimum Gasteiger partial charge on any atom is -0.398 e. The van der Waals surface area contributed by atoms with E-state index in [2.05, 4.69) is 9.62 Å². The molecule has 0 spiro atoms. The minimum atomic E-state index is -3.45. The SMILES string of the molecule is Cc1ccc(S(=O)(=O)NCCCN2CCCCC2)cc1N. The van der Waals surface area contributed by atoms with Crippen LogP contribution in [0.3, 0.4) is 0 Å². The summed E-state index contributed by atoms with van der Waals surface area (Å²) < 4.78 is 27.0. The van der Waals surface area contributed by atoms with Crippen LogP contribution in [-0.2, 0) is 10.0 Å². The van der Waals surface area contributed by atoms with E-state index in [0.717, 1.165) is 31.6 Å². The third-order valence-corrected chi connectivity index (χ3v) is 5.41. The molecule has 0 radical (unpaired) electrons. The third-order valence-electron chi connectivity index (χ3n) is 3.95. The van der Waals surface area contributed by atoms with E-state index in [4.69, 9.17) is 5.73 Å². The van der Waals surface area contributed by atoms with Crippen LogP contribution in [0.5, 0.6) is 0 Å². The summed E-state index contributed by atoms with van der Waals surface area (Å²) in [6.45, 7) is 5.56. The number of anilines is 1. The molecule has 0 amide bonds. The van der Waals surface area contributed by atoms with E-state index in [-0.39, 0.29) is 4.90 Å². The van der Waals surface area contributed by atoms with Crippen LogP contribution in [0.4, 0.5) is 5.69 Å². The Kier molecular flexibility index (Phi) is 5.61. The van der Waals surface area contributed by atoms with Crippen molar-refractivity contribution in [1.29, 1.82) is 0 Å². The van der Waals surface area contributed by atoms with E-state index in [1.165, 1.54) is 25.3 Å². The quantitative estimate of drug-likeness (QED) is 0.620. The monoisotopic (exact) mass is 311 g/mol. The molecule has 6 heteroatoms. The van der Waals surface area contributed by atoms with Gasteiger partial charge in [-0.1, -0.05) is 12.5 Å². The van der Waals surface area contributed by atoms with Gasteiger partial charge in [-0.15, -0.1) is 0 Å². The van der Waals surface area contributed by atoms with Crippen LogP contribution < -0.4 is 10.5 Å². The number of nitrogens with zero attached hydrogens (tertiary/aromatic N) is 1. The average Bonchev–Trinajstić information content (AvgIpc) is 2.47. The molecule has 0 atom stereocenters. The maximum atomic E-state index is 12.2. The minimum absolute atomic E-state index is 0.239. The molecule has 2 rings (SSSR count). The lowest BCUT2D eigenvalue weighted by molar-refractivity contribution is 0.227. The van der Waals surface area contributed by atoms with Crippen molar-refractivity contribution < 1.29 is 8.42 Å². The zero-order valence-electron chi connectivity index (χ0n) is 12.6. The van der Waals surface area contributed by atoms with Crippen LogP contribution in [0.1, 0.15) is 31.2 Å². The summed E-state index contributed by atoms with van der Waals surface area (Å²) in [4.78, 5) is 2.64. The molecule has 0 aromatic heterocycles. The number of benzene rings is 1. The van der Waals surface area contributed by atoms with Gasteiger partial charge in [0, 0.05) is 12.2 Å². The van der Waals surface area contributed by atoms with Crippen molar-refractivity contribution >= 4 is 15.7 Å². The smallest absolute Gasteiger partial charge is 0.240 e. The second-order valence-corrected chi connectivity index (χ2v) is 7.44. The second-order valence-electron chi connectivity index (χ2n) is 5.67. The summed E-state index contributed by atoms with van der Waals surface area (Å²) in [6, 6.07) is 4.85. The standard InChI is InChI=1S/C15H25N3O2S/c1-13-6-7-14(12-15(13)16)21(19,20)17-8-5-11-18-9-3-2-4-10-18/h6-7,12,17H,2-5,8-11,16H2,1H3. The molecule has 0 saturated carbocycles. The molecular weight excluding hydrogens is 286 g/mol. The fraction of sp³-hybridized carbons (Fsp3) is 0.600. The van der Waals surface area contributed by atoms with Crippen molar-refractivity contribution in [1.82, 2.24) is 9.62 Å². The number of nitrogens with two attached hydrogens (primary N) is 1. The number of sulfonamides is 1. The summed E-state index contributed by atoms with van der Waals surface area (Å²) in [5.41, 5.74) is 7.16. The molecule has 118 valence electrons. The molecule has 21 heavy (non-hydrogen) atoms. The number of nitrogen functional groups attached to an aromatic ring is 1. The molecule has 1 aromatic rings. The van der Waals surface area contributed by atoms with Crippen LogP contribution >= 0.6 is 0 Å². The molecule has 1 aromatic carbocycles. The summed E-state index contributed by atoms with van der Waals surface area (Å²) in [7, 11) is -3.45. The maximum absolute atomic E-state index is 12.2. The fourth-order valence-electron chi connectivity index (χ4n) is 2.56. The molecule has 1 heterocycles. The Labute approximate surface area is 127 Å². The number of aryl methyl sites for hydroxylation is 1. The van der Waals surface area contributed by atoms with Crippen LogP contribution in [0.25, 0.3) is 0 Å². The summed E-state index contributed by atoms with van der Waals surface area (Å²) in [5, 5.41) is 0. The Balaban J connectivity index is 1.82. The molecule has 1 aliphatic heterocycles. The van der Waals surface area contributed by atoms with Gasteiger partial charge in [0.05, 0.1) is 4.90 Å². The molecule has 1 saturated heterocycles. The highest BCUT2D eigenvalue weighted by Crippen LogP contribution is 2.17. The highest BCUT2D eigenvalue weighted by Gasteiger charge is 2.15. The van der Waals surface area contributed by atoms with Gasteiger partial charge < -0.3 is 10.6 Å². The summed E-state index contributed by atoms with van der Waals surface area (Å²) >= 11 is 0. The molecular formula is C15H25N3O2S. The van der Waals surface area contributed by atoms with Crippen molar-refractivity contribution in [2.75, 3.05) is 31.9 Å². The van der Waals surface area contributed by atoms with E-state index >= 15 is 0 Å². The third kappa shape index (κ3) is 4.69. The highest BCUT2D eigenvalue weighted by atomic mass is 32.2. The van der Waals surface area contributed by atoms with Gasteiger partial charge in [0.1, 0.15) is 0 Å². The number of hydrogen-bond acceptors (Lipinski definition) is 4. The number of nitrogens with one attached hydrogen (secondary N) is 1. The molecule has 0 aliphatic carbocycles. The average molecular weight is 311 g/mol. The summed E-state index contributed by atoms with van der Waals surface area (Å²) in [6.07, 6.45) is 4.67. The van der Waals surface area contributed by atoms with E-state index < -0.39 is 10.0 Å². The van der Waals surface area contributed by atoms with Crippen LogP contribution in [-0.4, -0.2) is 39.5 Å². The number of hydrogen-bond donors (Lipinski definition) is 2. The number of piperidine rings is 1.